The first kappa shape index (κ1) is 9.49. The van der Waals surface area contributed by atoms with Crippen molar-refractivity contribution in [3.63, 3.8) is 0 Å². The maximum Gasteiger partial charge on any atom is 0.115 e. The third kappa shape index (κ3) is 1.49. The molecule has 1 aliphatic rings. The van der Waals surface area contributed by atoms with Gasteiger partial charge in [-0.3, -0.25) is 0 Å². The van der Waals surface area contributed by atoms with Crippen molar-refractivity contribution in [1.29, 1.82) is 0 Å². The molecule has 0 saturated heterocycles. The van der Waals surface area contributed by atoms with Crippen LogP contribution >= 0.6 is 0 Å². The number of benzene rings is 1. The summed E-state index contributed by atoms with van der Waals surface area (Å²) in [4.78, 5) is 0. The van der Waals surface area contributed by atoms with Crippen molar-refractivity contribution in [1.82, 2.24) is 5.32 Å². The molecule has 2 rings (SSSR count). The van der Waals surface area contributed by atoms with E-state index in [4.69, 9.17) is 0 Å². The lowest BCUT2D eigenvalue weighted by atomic mass is 9.86. The van der Waals surface area contributed by atoms with E-state index in [0.29, 0.717) is 0 Å². The van der Waals surface area contributed by atoms with Crippen molar-refractivity contribution in [3.05, 3.63) is 29.3 Å². The topological polar surface area (TPSA) is 52.5 Å². The molecule has 1 aromatic rings. The second-order valence-corrected chi connectivity index (χ2v) is 3.76. The van der Waals surface area contributed by atoms with E-state index in [1.54, 1.807) is 12.1 Å². The maximum absolute atomic E-state index is 9.97. The molecule has 3 N–H and O–H groups in total. The Bertz CT molecular complexity index is 338. The summed E-state index contributed by atoms with van der Waals surface area (Å²) in [5.41, 5.74) is 2.00. The number of fused-ring (bicyclic) bond motifs is 1. The Balaban J connectivity index is 2.38. The number of aliphatic hydroxyl groups excluding tert-OH is 1. The molecule has 1 aliphatic carbocycles. The number of phenols is 1. The molecule has 2 atom stereocenters. The number of rotatable bonds is 1. The van der Waals surface area contributed by atoms with Crippen LogP contribution in [0.5, 0.6) is 5.75 Å². The molecule has 0 spiro atoms. The number of likely N-dealkylation sites (N-methyl/N-ethyl adjacent to an activating group) is 1. The molecule has 3 heteroatoms. The molecule has 76 valence electrons. The Morgan fingerprint density at radius 2 is 2.21 bits per heavy atom. The summed E-state index contributed by atoms with van der Waals surface area (Å²) in [7, 11) is 1.85. The van der Waals surface area contributed by atoms with Crippen LogP contribution in [0.4, 0.5) is 0 Å². The van der Waals surface area contributed by atoms with Crippen LogP contribution in [0.2, 0.25) is 0 Å². The SMILES string of the molecule is CNC1CCc2ccc(O)cc2C1O. The Labute approximate surface area is 83.4 Å². The van der Waals surface area contributed by atoms with Gasteiger partial charge in [0.2, 0.25) is 0 Å². The van der Waals surface area contributed by atoms with E-state index in [1.807, 2.05) is 13.1 Å². The number of aromatic hydroxyl groups is 1. The second kappa shape index (κ2) is 3.59. The minimum Gasteiger partial charge on any atom is -0.508 e. The number of hydrogen-bond acceptors (Lipinski definition) is 3. The van der Waals surface area contributed by atoms with E-state index < -0.39 is 6.10 Å². The van der Waals surface area contributed by atoms with Gasteiger partial charge in [-0.25, -0.2) is 0 Å². The van der Waals surface area contributed by atoms with E-state index >= 15 is 0 Å². The first-order chi connectivity index (χ1) is 6.72. The highest BCUT2D eigenvalue weighted by atomic mass is 16.3. The highest BCUT2D eigenvalue weighted by Gasteiger charge is 2.26. The monoisotopic (exact) mass is 193 g/mol. The molecular formula is C11H15NO2. The fraction of sp³-hybridized carbons (Fsp3) is 0.455. The fourth-order valence-corrected chi connectivity index (χ4v) is 2.07. The molecule has 1 aromatic carbocycles. The Hall–Kier alpha value is -1.06. The molecule has 3 nitrogen and oxygen atoms in total. The van der Waals surface area contributed by atoms with Crippen molar-refractivity contribution in [2.24, 2.45) is 0 Å². The minimum absolute atomic E-state index is 0.101. The lowest BCUT2D eigenvalue weighted by Gasteiger charge is -2.29. The first-order valence-electron chi connectivity index (χ1n) is 4.89. The largest absolute Gasteiger partial charge is 0.508 e. The zero-order chi connectivity index (χ0) is 10.1. The lowest BCUT2D eigenvalue weighted by Crippen LogP contribution is -2.35. The number of hydrogen-bond donors (Lipinski definition) is 3. The van der Waals surface area contributed by atoms with Gasteiger partial charge in [-0.05, 0) is 43.1 Å². The van der Waals surface area contributed by atoms with Crippen molar-refractivity contribution in [2.45, 2.75) is 25.0 Å². The fourth-order valence-electron chi connectivity index (χ4n) is 2.07. The van der Waals surface area contributed by atoms with Gasteiger partial charge in [0.25, 0.3) is 0 Å². The van der Waals surface area contributed by atoms with Gasteiger partial charge >= 0.3 is 0 Å². The van der Waals surface area contributed by atoms with Crippen molar-refractivity contribution < 1.29 is 10.2 Å². The highest BCUT2D eigenvalue weighted by molar-refractivity contribution is 5.38. The van der Waals surface area contributed by atoms with Crippen LogP contribution < -0.4 is 5.32 Å². The normalized spacial score (nSPS) is 25.9. The molecule has 0 radical (unpaired) electrons. The van der Waals surface area contributed by atoms with Crippen LogP contribution in [-0.2, 0) is 6.42 Å². The maximum atomic E-state index is 9.97. The Morgan fingerprint density at radius 3 is 2.93 bits per heavy atom. The van der Waals surface area contributed by atoms with Crippen LogP contribution in [0.25, 0.3) is 0 Å². The third-order valence-electron chi connectivity index (χ3n) is 2.92. The zero-order valence-electron chi connectivity index (χ0n) is 8.20. The number of aryl methyl sites for hydroxylation is 1. The summed E-state index contributed by atoms with van der Waals surface area (Å²) >= 11 is 0. The van der Waals surface area contributed by atoms with Gasteiger partial charge < -0.3 is 15.5 Å². The van der Waals surface area contributed by atoms with Crippen molar-refractivity contribution >= 4 is 0 Å². The quantitative estimate of drug-likeness (QED) is 0.622. The molecular weight excluding hydrogens is 178 g/mol. The highest BCUT2D eigenvalue weighted by Crippen LogP contribution is 2.31. The predicted octanol–water partition coefficient (Wildman–Crippen LogP) is 0.960. The predicted molar refractivity (Wildman–Crippen MR) is 54.2 cm³/mol. The average Bonchev–Trinajstić information content (AvgIpc) is 2.20. The molecule has 0 saturated carbocycles. The van der Waals surface area contributed by atoms with Crippen molar-refractivity contribution in [2.75, 3.05) is 7.05 Å². The van der Waals surface area contributed by atoms with E-state index in [2.05, 4.69) is 5.32 Å². The van der Waals surface area contributed by atoms with Gasteiger partial charge in [0.15, 0.2) is 0 Å². The van der Waals surface area contributed by atoms with Crippen LogP contribution in [0.3, 0.4) is 0 Å². The van der Waals surface area contributed by atoms with Gasteiger partial charge in [0.05, 0.1) is 6.10 Å². The number of nitrogens with one attached hydrogen (secondary N) is 1. The molecule has 0 aliphatic heterocycles. The number of aliphatic hydroxyl groups is 1. The summed E-state index contributed by atoms with van der Waals surface area (Å²) in [6.07, 6.45) is 1.39. The van der Waals surface area contributed by atoms with Crippen LogP contribution in [0, 0.1) is 0 Å². The molecule has 0 heterocycles. The molecule has 2 unspecified atom stereocenters. The van der Waals surface area contributed by atoms with Crippen LogP contribution in [-0.4, -0.2) is 23.3 Å². The van der Waals surface area contributed by atoms with E-state index in [-0.39, 0.29) is 11.8 Å². The molecule has 0 aromatic heterocycles. The molecule has 0 bridgehead atoms. The van der Waals surface area contributed by atoms with E-state index in [1.165, 1.54) is 0 Å². The summed E-state index contributed by atoms with van der Waals surface area (Å²) in [6, 6.07) is 5.32. The zero-order valence-corrected chi connectivity index (χ0v) is 8.20. The Kier molecular flexibility index (Phi) is 2.44. The minimum atomic E-state index is -0.504. The van der Waals surface area contributed by atoms with Crippen LogP contribution in [0.15, 0.2) is 18.2 Å². The second-order valence-electron chi connectivity index (χ2n) is 3.76. The summed E-state index contributed by atoms with van der Waals surface area (Å²) in [6.45, 7) is 0. The van der Waals surface area contributed by atoms with Gasteiger partial charge in [0.1, 0.15) is 5.75 Å². The van der Waals surface area contributed by atoms with E-state index in [0.717, 1.165) is 24.0 Å². The van der Waals surface area contributed by atoms with Gasteiger partial charge in [0, 0.05) is 6.04 Å². The summed E-state index contributed by atoms with van der Waals surface area (Å²) in [5.74, 6) is 0.222. The summed E-state index contributed by atoms with van der Waals surface area (Å²) in [5, 5.41) is 22.4. The van der Waals surface area contributed by atoms with Gasteiger partial charge in [-0.1, -0.05) is 6.07 Å². The average molecular weight is 193 g/mol. The van der Waals surface area contributed by atoms with E-state index in [9.17, 15) is 10.2 Å². The van der Waals surface area contributed by atoms with Crippen molar-refractivity contribution in [3.8, 4) is 5.75 Å². The molecule has 0 fully saturated rings. The first-order valence-corrected chi connectivity index (χ1v) is 4.89. The smallest absolute Gasteiger partial charge is 0.115 e. The molecule has 14 heavy (non-hydrogen) atoms. The van der Waals surface area contributed by atoms with Gasteiger partial charge in [-0.15, -0.1) is 0 Å². The van der Waals surface area contributed by atoms with Crippen LogP contribution in [0.1, 0.15) is 23.7 Å². The molecule has 0 amide bonds. The number of phenolic OH excluding ortho intramolecular Hbond substituents is 1. The Morgan fingerprint density at radius 1 is 1.43 bits per heavy atom. The third-order valence-corrected chi connectivity index (χ3v) is 2.92. The standard InChI is InChI=1S/C11H15NO2/c1-12-10-5-3-7-2-4-8(13)6-9(7)11(10)14/h2,4,6,10-14H,3,5H2,1H3. The summed E-state index contributed by atoms with van der Waals surface area (Å²) < 4.78 is 0. The van der Waals surface area contributed by atoms with Gasteiger partial charge in [-0.2, -0.15) is 0 Å². The lowest BCUT2D eigenvalue weighted by molar-refractivity contribution is 0.119.